The fourth-order valence-corrected chi connectivity index (χ4v) is 14.1. The van der Waals surface area contributed by atoms with Gasteiger partial charge in [-0.3, -0.25) is 4.79 Å². The number of nitrogens with one attached hydrogen (secondary N) is 1. The third kappa shape index (κ3) is 9.21. The number of fused-ring (bicyclic) bond motifs is 8. The molecule has 2 aliphatic heterocycles. The first kappa shape index (κ1) is 49.1. The van der Waals surface area contributed by atoms with Crippen molar-refractivity contribution in [3.8, 4) is 39.1 Å². The molecule has 2 fully saturated rings. The highest BCUT2D eigenvalue weighted by molar-refractivity contribution is 9.10. The number of ether oxygens (including phenoxy) is 1. The standard InChI is InChI=1S/C69H66BrFN2O2/c1-4-5-7-12-45-15-17-46(18-16-45)47-19-21-48(22-20-47)49-23-25-51(26-24-49)67(74)72-56-35-27-50(28-36-56)52-43-61-63-58-13-8-9-14-59(58)66-60(65(63)68(2,3)64(61)62(70)44-52)39-40-69(75-66,53-29-33-55(71)34-30-53)54-31-37-57(38-32-54)73-41-10-6-11-42-73/h8-9,13-14,19-40,43-46H,4-7,10-12,15-18,41-42H2,1-3H3,(H,72,74). The zero-order valence-corrected chi connectivity index (χ0v) is 45.1. The molecule has 378 valence electrons. The highest BCUT2D eigenvalue weighted by Crippen LogP contribution is 2.60. The Morgan fingerprint density at radius 2 is 1.32 bits per heavy atom. The summed E-state index contributed by atoms with van der Waals surface area (Å²) < 4.78 is 23.1. The lowest BCUT2D eigenvalue weighted by atomic mass is 9.76. The first-order valence-electron chi connectivity index (χ1n) is 27.6. The molecule has 75 heavy (non-hydrogen) atoms. The van der Waals surface area contributed by atoms with E-state index in [4.69, 9.17) is 4.74 Å². The summed E-state index contributed by atoms with van der Waals surface area (Å²) in [5.41, 5.74) is 14.8. The summed E-state index contributed by atoms with van der Waals surface area (Å²) in [6.07, 6.45) is 18.9. The van der Waals surface area contributed by atoms with Crippen LogP contribution in [0.2, 0.25) is 0 Å². The number of halogens is 2. The van der Waals surface area contributed by atoms with Crippen molar-refractivity contribution in [1.29, 1.82) is 0 Å². The second-order valence-electron chi connectivity index (χ2n) is 22.3. The number of rotatable bonds is 12. The summed E-state index contributed by atoms with van der Waals surface area (Å²) >= 11 is 4.09. The van der Waals surface area contributed by atoms with Crippen LogP contribution in [0, 0.1) is 11.7 Å². The summed E-state index contributed by atoms with van der Waals surface area (Å²) in [4.78, 5) is 16.1. The molecule has 8 aromatic rings. The molecule has 4 nitrogen and oxygen atoms in total. The monoisotopic (exact) mass is 1050 g/mol. The Labute approximate surface area is 451 Å². The maximum atomic E-state index is 14.6. The largest absolute Gasteiger partial charge is 0.472 e. The van der Waals surface area contributed by atoms with Crippen molar-refractivity contribution in [2.24, 2.45) is 5.92 Å². The van der Waals surface area contributed by atoms with Gasteiger partial charge in [-0.25, -0.2) is 4.39 Å². The molecule has 8 aromatic carbocycles. The molecule has 1 amide bonds. The van der Waals surface area contributed by atoms with Gasteiger partial charge in [0.05, 0.1) is 0 Å². The number of benzene rings is 8. The van der Waals surface area contributed by atoms with E-state index >= 15 is 0 Å². The number of piperidine rings is 1. The van der Waals surface area contributed by atoms with Crippen LogP contribution in [-0.2, 0) is 11.0 Å². The lowest BCUT2D eigenvalue weighted by Crippen LogP contribution is -2.35. The summed E-state index contributed by atoms with van der Waals surface area (Å²) in [5.74, 6) is 1.99. The van der Waals surface area contributed by atoms with Gasteiger partial charge >= 0.3 is 0 Å². The summed E-state index contributed by atoms with van der Waals surface area (Å²) in [5, 5.41) is 5.29. The first-order chi connectivity index (χ1) is 36.6. The molecule has 0 spiro atoms. The van der Waals surface area contributed by atoms with Crippen LogP contribution in [0.4, 0.5) is 15.8 Å². The molecular weight excluding hydrogens is 988 g/mol. The first-order valence-corrected chi connectivity index (χ1v) is 28.4. The smallest absolute Gasteiger partial charge is 0.255 e. The van der Waals surface area contributed by atoms with Crippen molar-refractivity contribution in [3.05, 3.63) is 213 Å². The molecule has 4 aliphatic rings. The molecule has 1 saturated heterocycles. The fourth-order valence-electron chi connectivity index (χ4n) is 13.2. The van der Waals surface area contributed by atoms with E-state index in [0.29, 0.717) is 11.5 Å². The molecular formula is C69H66BrFN2O2. The highest BCUT2D eigenvalue weighted by Gasteiger charge is 2.45. The van der Waals surface area contributed by atoms with Gasteiger partial charge in [0.1, 0.15) is 11.6 Å². The van der Waals surface area contributed by atoms with E-state index < -0.39 is 5.60 Å². The van der Waals surface area contributed by atoms with Gasteiger partial charge in [0.2, 0.25) is 0 Å². The van der Waals surface area contributed by atoms with Gasteiger partial charge in [0, 0.05) is 62.0 Å². The molecule has 0 aromatic heterocycles. The molecule has 1 unspecified atom stereocenters. The van der Waals surface area contributed by atoms with Gasteiger partial charge in [-0.15, -0.1) is 0 Å². The average molecular weight is 1050 g/mol. The Balaban J connectivity index is 0.795. The lowest BCUT2D eigenvalue weighted by Gasteiger charge is -2.38. The van der Waals surface area contributed by atoms with E-state index in [1.54, 1.807) is 0 Å². The number of hydrogen-bond donors (Lipinski definition) is 1. The Hall–Kier alpha value is -6.76. The van der Waals surface area contributed by atoms with Crippen molar-refractivity contribution < 1.29 is 13.9 Å². The van der Waals surface area contributed by atoms with Crippen LogP contribution >= 0.6 is 15.9 Å². The van der Waals surface area contributed by atoms with Crippen LogP contribution in [0.1, 0.15) is 141 Å². The predicted octanol–water partition coefficient (Wildman–Crippen LogP) is 18.8. The molecule has 2 heterocycles. The van der Waals surface area contributed by atoms with Crippen LogP contribution < -0.4 is 15.0 Å². The van der Waals surface area contributed by atoms with Gasteiger partial charge in [0.25, 0.3) is 5.91 Å². The highest BCUT2D eigenvalue weighted by atomic mass is 79.9. The SMILES string of the molecule is CCCCCC1CCC(c2ccc(-c3ccc(C(=O)Nc4ccc(-c5cc(Br)c6c(c5)-c5c(c7c(c8ccccc58)OC(c5ccc(F)cc5)(c5ccc(N8CCCCC8)cc5)C=C7)C6(C)C)cc4)cc3)cc2)CC1. The molecule has 6 heteroatoms. The summed E-state index contributed by atoms with van der Waals surface area (Å²) in [6, 6.07) is 54.0. The normalized spacial score (nSPS) is 19.5. The van der Waals surface area contributed by atoms with Crippen molar-refractivity contribution in [2.45, 2.75) is 108 Å². The van der Waals surface area contributed by atoms with Gasteiger partial charge in [-0.1, -0.05) is 166 Å². The summed E-state index contributed by atoms with van der Waals surface area (Å²) in [7, 11) is 0. The Kier molecular flexibility index (Phi) is 13.4. The third-order valence-electron chi connectivity index (χ3n) is 17.3. The van der Waals surface area contributed by atoms with E-state index in [-0.39, 0.29) is 17.1 Å². The fraction of sp³-hybridized carbons (Fsp3) is 0.290. The minimum Gasteiger partial charge on any atom is -0.472 e. The van der Waals surface area contributed by atoms with Crippen molar-refractivity contribution in [3.63, 3.8) is 0 Å². The number of amides is 1. The zero-order chi connectivity index (χ0) is 51.3. The van der Waals surface area contributed by atoms with Crippen molar-refractivity contribution >= 4 is 50.1 Å². The second-order valence-corrected chi connectivity index (χ2v) is 23.1. The molecule has 0 radical (unpaired) electrons. The van der Waals surface area contributed by atoms with E-state index in [2.05, 4.69) is 168 Å². The van der Waals surface area contributed by atoms with Gasteiger partial charge in [-0.05, 0) is 179 Å². The Morgan fingerprint density at radius 3 is 2.00 bits per heavy atom. The topological polar surface area (TPSA) is 41.6 Å². The number of carbonyl (C=O) groups excluding carboxylic acids is 1. The molecule has 2 aliphatic carbocycles. The van der Waals surface area contributed by atoms with Crippen molar-refractivity contribution in [1.82, 2.24) is 0 Å². The molecule has 12 rings (SSSR count). The molecule has 0 bridgehead atoms. The van der Waals surface area contributed by atoms with E-state index in [1.807, 2.05) is 36.4 Å². The minimum atomic E-state index is -0.989. The molecule has 1 saturated carbocycles. The summed E-state index contributed by atoms with van der Waals surface area (Å²) in [6.45, 7) is 9.06. The van der Waals surface area contributed by atoms with Gasteiger partial charge in [0.15, 0.2) is 5.60 Å². The lowest BCUT2D eigenvalue weighted by molar-refractivity contribution is 0.102. The van der Waals surface area contributed by atoms with Crippen LogP contribution in [0.15, 0.2) is 168 Å². The Morgan fingerprint density at radius 1 is 0.693 bits per heavy atom. The number of carbonyl (C=O) groups is 1. The van der Waals surface area contributed by atoms with Crippen LogP contribution in [0.25, 0.3) is 50.2 Å². The molecule has 1 N–H and O–H groups in total. The minimum absolute atomic E-state index is 0.136. The van der Waals surface area contributed by atoms with E-state index in [0.717, 1.165) is 79.1 Å². The van der Waals surface area contributed by atoms with Crippen LogP contribution in [0.5, 0.6) is 5.75 Å². The second kappa shape index (κ2) is 20.4. The van der Waals surface area contributed by atoms with Crippen molar-refractivity contribution in [2.75, 3.05) is 23.3 Å². The maximum absolute atomic E-state index is 14.6. The molecule has 1 atom stereocenters. The van der Waals surface area contributed by atoms with Crippen LogP contribution in [-0.4, -0.2) is 19.0 Å². The number of hydrogen-bond acceptors (Lipinski definition) is 3. The van der Waals surface area contributed by atoms with E-state index in [1.165, 1.54) is 122 Å². The van der Waals surface area contributed by atoms with Crippen LogP contribution in [0.3, 0.4) is 0 Å². The quantitative estimate of drug-likeness (QED) is 0.124. The zero-order valence-electron chi connectivity index (χ0n) is 43.5. The number of unbranched alkanes of at least 4 members (excludes halogenated alkanes) is 2. The third-order valence-corrected chi connectivity index (χ3v) is 17.9. The Bertz CT molecular complexity index is 3420. The number of anilines is 2. The average Bonchev–Trinajstić information content (AvgIpc) is 3.72. The van der Waals surface area contributed by atoms with Gasteiger partial charge < -0.3 is 15.0 Å². The predicted molar refractivity (Wildman–Crippen MR) is 313 cm³/mol. The maximum Gasteiger partial charge on any atom is 0.255 e. The number of nitrogens with zero attached hydrogens (tertiary/aromatic N) is 1. The van der Waals surface area contributed by atoms with Gasteiger partial charge in [-0.2, -0.15) is 0 Å². The van der Waals surface area contributed by atoms with E-state index in [9.17, 15) is 9.18 Å².